The lowest BCUT2D eigenvalue weighted by Gasteiger charge is -2.35. The molecule has 0 spiro atoms. The minimum absolute atomic E-state index is 0.0171. The number of amides is 5. The molecular weight excluding hydrogens is 1100 g/mol. The van der Waals surface area contributed by atoms with E-state index < -0.39 is 121 Å². The quantitative estimate of drug-likeness (QED) is 0.0167. The van der Waals surface area contributed by atoms with Crippen LogP contribution < -0.4 is 21.5 Å². The summed E-state index contributed by atoms with van der Waals surface area (Å²) in [6.07, 6.45) is -6.41. The highest BCUT2D eigenvalue weighted by Gasteiger charge is 2.42. The third-order valence-electron chi connectivity index (χ3n) is 15.5. The monoisotopic (exact) mass is 1170 g/mol. The van der Waals surface area contributed by atoms with Crippen molar-refractivity contribution in [1.82, 2.24) is 30.4 Å². The topological polar surface area (TPSA) is 351 Å². The lowest BCUT2D eigenvalue weighted by molar-refractivity contribution is -0.141. The predicted octanol–water partition coefficient (Wildman–Crippen LogP) is 1.33. The van der Waals surface area contributed by atoms with Gasteiger partial charge in [0.15, 0.2) is 11.6 Å². The van der Waals surface area contributed by atoms with Crippen LogP contribution in [0.5, 0.6) is 0 Å². The maximum absolute atomic E-state index is 15.5. The maximum Gasteiger partial charge on any atom is 0.258 e. The number of benzene rings is 2. The molecule has 24 heteroatoms. The Labute approximate surface area is 482 Å². The molecule has 0 unspecified atom stereocenters. The van der Waals surface area contributed by atoms with Crippen LogP contribution in [0.4, 0.5) is 4.39 Å². The lowest BCUT2D eigenvalue weighted by Crippen LogP contribution is -2.47. The Morgan fingerprint density at radius 3 is 2.18 bits per heavy atom. The van der Waals surface area contributed by atoms with Crippen LogP contribution in [-0.4, -0.2) is 155 Å². The Hall–Kier alpha value is -7.71. The van der Waals surface area contributed by atoms with Crippen molar-refractivity contribution in [2.45, 2.75) is 153 Å². The molecule has 0 fully saturated rings. The van der Waals surface area contributed by atoms with Gasteiger partial charge in [-0.05, 0) is 80.7 Å². The predicted molar refractivity (Wildman–Crippen MR) is 298 cm³/mol. The number of aliphatic hydroxyl groups excluding tert-OH is 5. The highest BCUT2D eigenvalue weighted by molar-refractivity contribution is 6.14. The van der Waals surface area contributed by atoms with Gasteiger partial charge in [0.1, 0.15) is 61.2 Å². The highest BCUT2D eigenvalue weighted by atomic mass is 19.1. The standard InChI is InChI=1S/C60H71FN6O17/c1-4-60(82)34(3)84-31-40-41(60)26-46-56-36(28-66(46)59(40)81)25-39-38(33(2)42(61)27-44(39)65-56)12-8-9-23-83-32-62-51(74)19-17-48(71)45(24-35-10-6-5-7-11-35)64-52(75)20-18-47(70)43(63-53(76)29-67-54(77)21-22-55(67)78)15-13-37(69)14-16-49(72)57(79)58(80)50(73)30-68/h5-7,10-11,21-22,25-27,43,45,49-50,57-58,68,72-73,79-80,82H,3-4,8-9,12-20,23-24,28-32H2,1-2H3,(H,62,74)(H,63,76)(H,64,75)/t43-,45-,49-,50+,57+,58+,60+/m0/s1. The van der Waals surface area contributed by atoms with Gasteiger partial charge in [-0.1, -0.05) is 43.8 Å². The van der Waals surface area contributed by atoms with E-state index in [-0.39, 0.29) is 89.2 Å². The fourth-order valence-electron chi connectivity index (χ4n) is 10.4. The Morgan fingerprint density at radius 2 is 1.49 bits per heavy atom. The Kier molecular flexibility index (Phi) is 21.8. The Balaban J connectivity index is 0.880. The normalized spacial score (nSPS) is 17.3. The second kappa shape index (κ2) is 28.7. The van der Waals surface area contributed by atoms with Gasteiger partial charge in [0.25, 0.3) is 17.4 Å². The molecular formula is C60H71FN6O17. The number of pyridine rings is 2. The van der Waals surface area contributed by atoms with E-state index in [4.69, 9.17) is 19.6 Å². The van der Waals surface area contributed by atoms with Gasteiger partial charge in [-0.25, -0.2) is 9.37 Å². The smallest absolute Gasteiger partial charge is 0.258 e. The molecule has 0 radical (unpaired) electrons. The molecule has 2 aromatic carbocycles. The van der Waals surface area contributed by atoms with Crippen molar-refractivity contribution in [3.05, 3.63) is 123 Å². The molecule has 0 saturated heterocycles. The molecule has 84 heavy (non-hydrogen) atoms. The van der Waals surface area contributed by atoms with Crippen LogP contribution in [0.25, 0.3) is 22.3 Å². The molecule has 7 rings (SSSR count). The number of rotatable bonds is 32. The third-order valence-corrected chi connectivity index (χ3v) is 15.5. The summed E-state index contributed by atoms with van der Waals surface area (Å²) in [6.45, 7) is 5.99. The number of aromatic nitrogens is 2. The van der Waals surface area contributed by atoms with Crippen LogP contribution in [-0.2, 0) is 79.4 Å². The minimum atomic E-state index is -1.91. The average Bonchev–Trinajstić information content (AvgIpc) is 1.83. The van der Waals surface area contributed by atoms with Gasteiger partial charge in [-0.2, -0.15) is 0 Å². The number of Topliss-reactive ketones (excluding diaryl/α,β-unsaturated/α-hetero) is 3. The number of imide groups is 1. The molecule has 3 aliphatic heterocycles. The number of carbonyl (C=O) groups excluding carboxylic acids is 8. The first-order chi connectivity index (χ1) is 40.0. The van der Waals surface area contributed by atoms with Gasteiger partial charge < -0.3 is 60.6 Å². The van der Waals surface area contributed by atoms with Gasteiger partial charge in [-0.15, -0.1) is 0 Å². The highest BCUT2D eigenvalue weighted by Crippen LogP contribution is 2.42. The number of hydrogen-bond acceptors (Lipinski definition) is 18. The van der Waals surface area contributed by atoms with Crippen molar-refractivity contribution >= 4 is 57.8 Å². The van der Waals surface area contributed by atoms with E-state index in [1.54, 1.807) is 54.8 Å². The van der Waals surface area contributed by atoms with Crippen LogP contribution in [0.2, 0.25) is 0 Å². The summed E-state index contributed by atoms with van der Waals surface area (Å²) in [6, 6.07) is 11.3. The molecule has 0 saturated carbocycles. The minimum Gasteiger partial charge on any atom is -0.490 e. The summed E-state index contributed by atoms with van der Waals surface area (Å²) >= 11 is 0. The molecule has 4 aromatic rings. The molecule has 5 heterocycles. The zero-order valence-corrected chi connectivity index (χ0v) is 46.8. The first kappa shape index (κ1) is 63.9. The lowest BCUT2D eigenvalue weighted by atomic mass is 9.84. The number of unbranched alkanes of at least 4 members (excludes halogenated alkanes) is 1. The second-order valence-corrected chi connectivity index (χ2v) is 21.2. The summed E-state index contributed by atoms with van der Waals surface area (Å²) in [5.41, 5.74) is 3.09. The van der Waals surface area contributed by atoms with Crippen LogP contribution in [0.1, 0.15) is 111 Å². The number of aliphatic hydroxyl groups is 6. The van der Waals surface area contributed by atoms with E-state index >= 15 is 4.39 Å². The van der Waals surface area contributed by atoms with Crippen LogP contribution in [0.3, 0.4) is 0 Å². The first-order valence-electron chi connectivity index (χ1n) is 27.9. The van der Waals surface area contributed by atoms with E-state index in [9.17, 15) is 68.7 Å². The van der Waals surface area contributed by atoms with Crippen LogP contribution in [0.15, 0.2) is 77.8 Å². The SMILES string of the molecule is C=C1OCc2c(cc3n(c2=O)Cc2cc4c(CCCCOCNC(=O)CCC(=O)[C@H](Cc5ccccc5)NC(=O)CCC(=O)[C@H](CCC(=O)CC[C@H](O)[C@@H](O)[C@H](O)[C@H](O)CO)NC(=O)CN5C(=O)C=CC5=O)c(C)c(F)cc4nc2-3)[C@@]1(O)CC. The summed E-state index contributed by atoms with van der Waals surface area (Å²) in [4.78, 5) is 123. The zero-order chi connectivity index (χ0) is 61.0. The van der Waals surface area contributed by atoms with Gasteiger partial charge in [0.05, 0.1) is 53.8 Å². The number of aryl methyl sites for hydroxylation is 1. The van der Waals surface area contributed by atoms with Gasteiger partial charge in [0, 0.05) is 79.9 Å². The molecule has 3 aliphatic rings. The number of halogens is 1. The summed E-state index contributed by atoms with van der Waals surface area (Å²) in [5, 5.41) is 68.8. The number of carbonyl (C=O) groups is 8. The molecule has 0 aliphatic carbocycles. The fraction of sp³-hybridized carbons (Fsp3) is 0.467. The molecule has 23 nitrogen and oxygen atoms in total. The number of ketones is 3. The van der Waals surface area contributed by atoms with Crippen molar-refractivity contribution in [2.24, 2.45) is 0 Å². The number of hydrogen-bond donors (Lipinski definition) is 9. The van der Waals surface area contributed by atoms with Gasteiger partial charge in [-0.3, -0.25) is 48.1 Å². The molecule has 2 aromatic heterocycles. The average molecular weight is 1170 g/mol. The van der Waals surface area contributed by atoms with Gasteiger partial charge in [0.2, 0.25) is 17.7 Å². The van der Waals surface area contributed by atoms with E-state index in [1.165, 1.54) is 6.07 Å². The summed E-state index contributed by atoms with van der Waals surface area (Å²) in [5.74, 6) is -5.71. The van der Waals surface area contributed by atoms with E-state index in [2.05, 4.69) is 22.5 Å². The molecule has 9 N–H and O–H groups in total. The number of nitrogens with zero attached hydrogens (tertiary/aromatic N) is 3. The molecule has 0 bridgehead atoms. The molecule has 7 atom stereocenters. The van der Waals surface area contributed by atoms with E-state index in [0.29, 0.717) is 63.3 Å². The summed E-state index contributed by atoms with van der Waals surface area (Å²) in [7, 11) is 0. The second-order valence-electron chi connectivity index (χ2n) is 21.2. The number of fused-ring (bicyclic) bond motifs is 5. The van der Waals surface area contributed by atoms with Crippen molar-refractivity contribution in [2.75, 3.05) is 26.5 Å². The number of ether oxygens (including phenoxy) is 2. The van der Waals surface area contributed by atoms with Crippen molar-refractivity contribution in [3.8, 4) is 11.4 Å². The Morgan fingerprint density at radius 1 is 0.833 bits per heavy atom. The Bertz CT molecular complexity index is 3260. The van der Waals surface area contributed by atoms with Gasteiger partial charge >= 0.3 is 0 Å². The molecule has 450 valence electrons. The molecule has 5 amide bonds. The third kappa shape index (κ3) is 15.3. The van der Waals surface area contributed by atoms with E-state index in [1.807, 2.05) is 6.07 Å². The zero-order valence-electron chi connectivity index (χ0n) is 46.8. The fourth-order valence-corrected chi connectivity index (χ4v) is 10.4. The van der Waals surface area contributed by atoms with E-state index in [0.717, 1.165) is 28.7 Å². The van der Waals surface area contributed by atoms with Crippen LogP contribution in [0, 0.1) is 12.7 Å². The first-order valence-corrected chi connectivity index (χ1v) is 27.9. The number of nitrogens with one attached hydrogen (secondary N) is 3. The maximum atomic E-state index is 15.5. The summed E-state index contributed by atoms with van der Waals surface area (Å²) < 4.78 is 28.4. The largest absolute Gasteiger partial charge is 0.490 e. The van der Waals surface area contributed by atoms with Crippen LogP contribution >= 0.6 is 0 Å². The van der Waals surface area contributed by atoms with Crippen molar-refractivity contribution < 1.29 is 82.9 Å². The van der Waals surface area contributed by atoms with Crippen molar-refractivity contribution in [3.63, 3.8) is 0 Å². The van der Waals surface area contributed by atoms with Crippen molar-refractivity contribution in [1.29, 1.82) is 0 Å².